The second-order valence-corrected chi connectivity index (χ2v) is 23.3. The molecule has 0 spiro atoms. The van der Waals surface area contributed by atoms with E-state index in [1.54, 1.807) is 46.9 Å². The molecule has 3 aromatic heterocycles. The van der Waals surface area contributed by atoms with E-state index in [1.165, 1.54) is 9.78 Å². The highest BCUT2D eigenvalue weighted by molar-refractivity contribution is 7.15. The Morgan fingerprint density at radius 1 is 0.870 bits per heavy atom. The summed E-state index contributed by atoms with van der Waals surface area (Å²) >= 11 is 9.54. The highest BCUT2D eigenvalue weighted by Gasteiger charge is 2.44. The number of nitrogens with one attached hydrogen (secondary N) is 3. The number of hydrogen-bond acceptors (Lipinski definition) is 14. The van der Waals surface area contributed by atoms with Gasteiger partial charge in [0, 0.05) is 78.4 Å². The van der Waals surface area contributed by atoms with Crippen LogP contribution in [0.3, 0.4) is 0 Å². The Kier molecular flexibility index (Phi) is 18.8. The fraction of sp³-hybridized carbons (Fsp3) is 0.439. The molecule has 3 aromatic carbocycles. The molecule has 17 nitrogen and oxygen atoms in total. The van der Waals surface area contributed by atoms with Crippen molar-refractivity contribution in [3.63, 3.8) is 0 Å². The molecule has 1 fully saturated rings. The Morgan fingerprint density at radius 3 is 2.23 bits per heavy atom. The van der Waals surface area contributed by atoms with Crippen LogP contribution >= 0.6 is 34.3 Å². The summed E-state index contributed by atoms with van der Waals surface area (Å²) in [4.78, 5) is 67.5. The zero-order valence-corrected chi connectivity index (χ0v) is 47.2. The Hall–Kier alpha value is -6.35. The molecule has 2 aliphatic rings. The molecule has 4 N–H and O–H groups in total. The lowest BCUT2D eigenvalue weighted by Crippen LogP contribution is -2.58. The number of thiophene rings is 1. The summed E-state index contributed by atoms with van der Waals surface area (Å²) in [6.45, 7) is 17.4. The number of likely N-dealkylation sites (tertiary alicyclic amines) is 1. The number of fused-ring (bicyclic) bond motifs is 3. The van der Waals surface area contributed by atoms with Gasteiger partial charge in [-0.05, 0) is 85.7 Å². The number of ether oxygens (including phenoxy) is 3. The largest absolute Gasteiger partial charge is 0.494 e. The third kappa shape index (κ3) is 14.0. The molecule has 5 heterocycles. The van der Waals surface area contributed by atoms with Crippen LogP contribution in [0.4, 0.5) is 5.69 Å². The number of nitrogens with zero attached hydrogens (tertiary/aromatic N) is 6. The van der Waals surface area contributed by atoms with E-state index in [4.69, 9.17) is 30.8 Å². The second kappa shape index (κ2) is 25.4. The number of hydrogen-bond donors (Lipinski definition) is 4. The number of thiazole rings is 1. The molecule has 20 heteroatoms. The van der Waals surface area contributed by atoms with Crippen LogP contribution in [-0.4, -0.2) is 117 Å². The number of amides is 4. The van der Waals surface area contributed by atoms with Gasteiger partial charge in [0.15, 0.2) is 5.82 Å². The zero-order chi connectivity index (χ0) is 55.0. The first-order valence-electron chi connectivity index (χ1n) is 26.0. The van der Waals surface area contributed by atoms with Crippen molar-refractivity contribution >= 4 is 69.3 Å². The van der Waals surface area contributed by atoms with Gasteiger partial charge in [0.25, 0.3) is 0 Å². The number of halogens is 1. The quantitative estimate of drug-likeness (QED) is 0.0471. The van der Waals surface area contributed by atoms with Gasteiger partial charge in [-0.15, -0.1) is 32.9 Å². The normalized spacial score (nSPS) is 16.6. The first kappa shape index (κ1) is 56.8. The Labute approximate surface area is 462 Å². The molecule has 8 rings (SSSR count). The van der Waals surface area contributed by atoms with E-state index in [1.807, 2.05) is 81.7 Å². The smallest absolute Gasteiger partial charge is 0.246 e. The third-order valence-electron chi connectivity index (χ3n) is 13.5. The molecule has 0 saturated carbocycles. The van der Waals surface area contributed by atoms with Gasteiger partial charge in [-0.25, -0.2) is 4.98 Å². The number of aliphatic hydroxyl groups excluding tert-OH is 1. The highest BCUT2D eigenvalue weighted by Crippen LogP contribution is 2.41. The van der Waals surface area contributed by atoms with Crippen LogP contribution in [0.25, 0.3) is 15.4 Å². The molecule has 2 aliphatic heterocycles. The van der Waals surface area contributed by atoms with E-state index in [0.29, 0.717) is 54.9 Å². The summed E-state index contributed by atoms with van der Waals surface area (Å²) in [6.07, 6.45) is 0.448. The summed E-state index contributed by atoms with van der Waals surface area (Å²) in [5.74, 6) is 0.670. The highest BCUT2D eigenvalue weighted by atomic mass is 35.5. The number of anilines is 1. The van der Waals surface area contributed by atoms with Crippen molar-refractivity contribution in [3.05, 3.63) is 128 Å². The van der Waals surface area contributed by atoms with Crippen LogP contribution in [0.5, 0.6) is 5.75 Å². The van der Waals surface area contributed by atoms with Gasteiger partial charge in [-0.3, -0.25) is 28.7 Å². The number of benzene rings is 3. The van der Waals surface area contributed by atoms with Crippen LogP contribution in [0.15, 0.2) is 83.3 Å². The number of aliphatic hydroxyl groups is 1. The van der Waals surface area contributed by atoms with Crippen LogP contribution < -0.4 is 20.7 Å². The maximum atomic E-state index is 14.0. The van der Waals surface area contributed by atoms with Crippen LogP contribution in [-0.2, 0) is 35.2 Å². The molecule has 0 bridgehead atoms. The summed E-state index contributed by atoms with van der Waals surface area (Å²) in [6, 6.07) is 20.2. The summed E-state index contributed by atoms with van der Waals surface area (Å²) in [5.41, 5.74) is 8.45. The van der Waals surface area contributed by atoms with Crippen molar-refractivity contribution in [1.82, 2.24) is 35.3 Å². The van der Waals surface area contributed by atoms with Gasteiger partial charge in [-0.2, -0.15) is 0 Å². The van der Waals surface area contributed by atoms with Crippen molar-refractivity contribution in [2.45, 2.75) is 118 Å². The average Bonchev–Trinajstić information content (AvgIpc) is 4.35. The first-order valence-corrected chi connectivity index (χ1v) is 28.1. The molecule has 0 radical (unpaired) electrons. The lowest BCUT2D eigenvalue weighted by atomic mass is 9.85. The fourth-order valence-electron chi connectivity index (χ4n) is 9.28. The third-order valence-corrected chi connectivity index (χ3v) is 15.9. The molecule has 4 atom stereocenters. The Morgan fingerprint density at radius 2 is 1.56 bits per heavy atom. The number of β-amino-alcohol motifs (C(OH)–C–C–N with tert-alkyl or cyclic N) is 1. The summed E-state index contributed by atoms with van der Waals surface area (Å²) in [5, 5.41) is 30.2. The first-order chi connectivity index (χ1) is 36.9. The molecule has 6 aromatic rings. The topological polar surface area (TPSA) is 211 Å². The molecule has 2 unspecified atom stereocenters. The second-order valence-electron chi connectivity index (χ2n) is 20.8. The van der Waals surface area contributed by atoms with Crippen LogP contribution in [0.1, 0.15) is 117 Å². The van der Waals surface area contributed by atoms with Gasteiger partial charge in [-0.1, -0.05) is 82.6 Å². The minimum Gasteiger partial charge on any atom is -0.494 e. The molecule has 0 aliphatic carbocycles. The maximum absolute atomic E-state index is 14.0. The number of carbonyl (C=O) groups is 4. The number of carbonyl (C=O) groups excluding carboxylic acids is 4. The van der Waals surface area contributed by atoms with Gasteiger partial charge < -0.3 is 40.2 Å². The molecule has 1 saturated heterocycles. The van der Waals surface area contributed by atoms with Crippen molar-refractivity contribution in [2.24, 2.45) is 10.4 Å². The Bertz CT molecular complexity index is 3060. The van der Waals surface area contributed by atoms with E-state index in [-0.39, 0.29) is 56.9 Å². The number of aromatic nitrogens is 4. The fourth-order valence-corrected chi connectivity index (χ4v) is 11.4. The predicted octanol–water partition coefficient (Wildman–Crippen LogP) is 9.08. The average molecular weight is 1110 g/mol. The molecule has 4 amide bonds. The van der Waals surface area contributed by atoms with Gasteiger partial charge in [0.05, 0.1) is 40.9 Å². The van der Waals surface area contributed by atoms with Gasteiger partial charge in [0.2, 0.25) is 23.6 Å². The standard InChI is InChI=1S/C57H68ClN9O8S2/c1-33(2)52-64-65-53-44(62-49(38-15-17-40(58)18-16-38)48-34(3)36(5)77-56(48)67(52)53)28-46(69)61-41-19-21-43(22-20-41)75-26-10-24-73-23-9-25-74-31-47(70)63-51(57(6,7)8)55(72)66-30-42(68)27-45(66)54(71)59-29-37-11-13-39(14-12-37)50-35(4)60-32-76-50/h11-22,32-33,42,44-45,51,68H,9-10,23-31H2,1-8H3,(H,59,71)(H,61,69)(H,63,70)/t42-,44?,45+,51?/m1/s1. The Balaban J connectivity index is 0.733. The van der Waals surface area contributed by atoms with E-state index in [2.05, 4.69) is 63.4 Å². The number of aryl methyl sites for hydroxylation is 2. The van der Waals surface area contributed by atoms with E-state index < -0.39 is 41.5 Å². The minimum absolute atomic E-state index is 0.0180. The van der Waals surface area contributed by atoms with E-state index >= 15 is 0 Å². The van der Waals surface area contributed by atoms with Gasteiger partial charge in [0.1, 0.15) is 41.3 Å². The van der Waals surface area contributed by atoms with Crippen molar-refractivity contribution in [2.75, 3.05) is 44.9 Å². The van der Waals surface area contributed by atoms with E-state index in [9.17, 15) is 24.3 Å². The minimum atomic E-state index is -0.964. The lowest BCUT2D eigenvalue weighted by Gasteiger charge is -2.35. The zero-order valence-electron chi connectivity index (χ0n) is 44.9. The van der Waals surface area contributed by atoms with Crippen molar-refractivity contribution < 1.29 is 38.5 Å². The molecular weight excluding hydrogens is 1040 g/mol. The van der Waals surface area contributed by atoms with Crippen molar-refractivity contribution in [1.29, 1.82) is 0 Å². The number of aliphatic imine (C=N–C) groups is 1. The molecular formula is C57H68ClN9O8S2. The van der Waals surface area contributed by atoms with Crippen LogP contribution in [0.2, 0.25) is 5.02 Å². The number of rotatable bonds is 22. The van der Waals surface area contributed by atoms with Gasteiger partial charge >= 0.3 is 0 Å². The SMILES string of the molecule is Cc1ncsc1-c1ccc(CNC(=O)[C@@H]2C[C@@H](O)CN2C(=O)C(NC(=O)COCCCOCCCOc2ccc(NC(=O)CC3N=C(c4ccc(Cl)cc4)c4c(sc(C)c4C)-n4c(C(C)C)nnc43)cc2)C(C)(C)C)cc1. The molecule has 408 valence electrons. The monoisotopic (exact) mass is 1110 g/mol. The summed E-state index contributed by atoms with van der Waals surface area (Å²) < 4.78 is 19.4. The summed E-state index contributed by atoms with van der Waals surface area (Å²) in [7, 11) is 0. The van der Waals surface area contributed by atoms with Crippen LogP contribution in [0, 0.1) is 26.2 Å². The lowest BCUT2D eigenvalue weighted by molar-refractivity contribution is -0.144. The predicted molar refractivity (Wildman–Crippen MR) is 300 cm³/mol. The molecule has 77 heavy (non-hydrogen) atoms. The van der Waals surface area contributed by atoms with E-state index in [0.717, 1.165) is 54.9 Å². The maximum Gasteiger partial charge on any atom is 0.246 e. The van der Waals surface area contributed by atoms with Crippen molar-refractivity contribution in [3.8, 4) is 21.2 Å².